The van der Waals surface area contributed by atoms with Crippen LogP contribution in [0.15, 0.2) is 0 Å². The molecule has 0 atom stereocenters. The molecule has 0 heterocycles. The van der Waals surface area contributed by atoms with Gasteiger partial charge in [-0.2, -0.15) is 0 Å². The normalized spacial score (nSPS) is 12.6. The van der Waals surface area contributed by atoms with E-state index in [2.05, 4.69) is 43.9 Å². The first-order valence-corrected chi connectivity index (χ1v) is 10.5. The average Bonchev–Trinajstić information content (AvgIpc) is 1.14. The van der Waals surface area contributed by atoms with Crippen LogP contribution in [0, 0.1) is 0 Å². The summed E-state index contributed by atoms with van der Waals surface area (Å²) < 4.78 is 3.74. The van der Waals surface area contributed by atoms with E-state index in [1.165, 1.54) is 0 Å². The molecule has 0 aromatic carbocycles. The van der Waals surface area contributed by atoms with Crippen LogP contribution in [0.2, 0.25) is 39.3 Å². The van der Waals surface area contributed by atoms with Gasteiger partial charge in [0.05, 0.1) is 0 Å². The minimum absolute atomic E-state index is 0. The van der Waals surface area contributed by atoms with E-state index in [0.29, 0.717) is 0 Å². The molecule has 0 spiro atoms. The predicted molar refractivity (Wildman–Crippen MR) is 59.8 cm³/mol. The van der Waals surface area contributed by atoms with Gasteiger partial charge >= 0.3 is 26.2 Å². The molecule has 0 amide bonds. The van der Waals surface area contributed by atoms with Crippen LogP contribution in [-0.2, 0) is 0 Å². The Morgan fingerprint density at radius 2 is 0.900 bits per heavy atom. The summed E-state index contributed by atoms with van der Waals surface area (Å²) in [6.45, 7) is 14.1. The topological polar surface area (TPSA) is 12.0 Å². The Balaban J connectivity index is 0. The van der Waals surface area contributed by atoms with E-state index in [4.69, 9.17) is 0 Å². The molecule has 1 N–H and O–H groups in total. The summed E-state index contributed by atoms with van der Waals surface area (Å²) in [5.41, 5.74) is 0. The average molecular weight is 373 g/mol. The van der Waals surface area contributed by atoms with Gasteiger partial charge in [-0.15, -0.1) is 0 Å². The van der Waals surface area contributed by atoms with Gasteiger partial charge in [0, 0.05) is 0 Å². The summed E-state index contributed by atoms with van der Waals surface area (Å²) in [6, 6.07) is 0. The van der Waals surface area contributed by atoms with Crippen molar-refractivity contribution in [2.45, 2.75) is 39.3 Å². The number of hydrogen-bond donors (Lipinski definition) is 1. The van der Waals surface area contributed by atoms with Gasteiger partial charge in [0.1, 0.15) is 16.5 Å². The Hall–Kier alpha value is 1.28. The van der Waals surface area contributed by atoms with Crippen molar-refractivity contribution in [3.63, 3.8) is 0 Å². The van der Waals surface area contributed by atoms with E-state index in [0.717, 1.165) is 0 Å². The van der Waals surface area contributed by atoms with Gasteiger partial charge in [-0.05, 0) is 0 Å². The molecule has 4 heteroatoms. The van der Waals surface area contributed by atoms with E-state index in [-0.39, 0.29) is 26.2 Å². The SMILES string of the molecule is C[Si](C)(C)N[Si](C)(C)C.[BiH3]. The molecule has 0 saturated heterocycles. The zero-order chi connectivity index (χ0) is 7.71. The Bertz CT molecular complexity index is 80.9. The predicted octanol–water partition coefficient (Wildman–Crippen LogP) is 1.06. The molecule has 0 aliphatic carbocycles. The molecule has 0 bridgehead atoms. The molecule has 0 rings (SSSR count). The van der Waals surface area contributed by atoms with Gasteiger partial charge in [0.2, 0.25) is 0 Å². The molecule has 10 heavy (non-hydrogen) atoms. The summed E-state index contributed by atoms with van der Waals surface area (Å²) in [4.78, 5) is 0. The second kappa shape index (κ2) is 4.34. The van der Waals surface area contributed by atoms with Crippen molar-refractivity contribution in [1.82, 2.24) is 4.65 Å². The summed E-state index contributed by atoms with van der Waals surface area (Å²) in [6.07, 6.45) is 0. The number of rotatable bonds is 2. The Kier molecular flexibility index (Phi) is 6.00. The summed E-state index contributed by atoms with van der Waals surface area (Å²) in [7, 11) is -1.96. The van der Waals surface area contributed by atoms with Crippen molar-refractivity contribution in [2.75, 3.05) is 0 Å². The monoisotopic (exact) mass is 373 g/mol. The first-order valence-electron chi connectivity index (χ1n) is 3.50. The molecule has 0 aliphatic rings. The maximum absolute atomic E-state index is 3.74. The van der Waals surface area contributed by atoms with Gasteiger partial charge in [-0.3, -0.25) is 0 Å². The van der Waals surface area contributed by atoms with Crippen LogP contribution in [0.5, 0.6) is 0 Å². The third-order valence-corrected chi connectivity index (χ3v) is 6.75. The van der Waals surface area contributed by atoms with Crippen LogP contribution in [0.4, 0.5) is 0 Å². The number of nitrogens with one attached hydrogen (secondary N) is 1. The first-order chi connectivity index (χ1) is 3.71. The molecular weight excluding hydrogens is 351 g/mol. The van der Waals surface area contributed by atoms with Crippen molar-refractivity contribution in [3.05, 3.63) is 0 Å². The van der Waals surface area contributed by atoms with Crippen molar-refractivity contribution in [2.24, 2.45) is 0 Å². The van der Waals surface area contributed by atoms with Crippen molar-refractivity contribution < 1.29 is 0 Å². The zero-order valence-corrected chi connectivity index (χ0v) is 15.7. The Morgan fingerprint density at radius 1 is 0.700 bits per heavy atom. The molecule has 1 nitrogen and oxygen atoms in total. The molecule has 0 fully saturated rings. The molecule has 0 aromatic heterocycles. The third kappa shape index (κ3) is 12.0. The molecular formula is C6H22BiNSi2. The molecule has 0 saturated carbocycles. The maximum atomic E-state index is 3.74. The fourth-order valence-corrected chi connectivity index (χ4v) is 10.1. The van der Waals surface area contributed by atoms with Crippen LogP contribution in [-0.4, -0.2) is 42.7 Å². The van der Waals surface area contributed by atoms with E-state index in [1.807, 2.05) is 0 Å². The van der Waals surface area contributed by atoms with Gasteiger partial charge in [-0.25, -0.2) is 0 Å². The zero-order valence-electron chi connectivity index (χ0n) is 8.21. The summed E-state index contributed by atoms with van der Waals surface area (Å²) in [5, 5.41) is 0. The number of hydrogen-bond acceptors (Lipinski definition) is 1. The second-order valence-electron chi connectivity index (χ2n) is 4.62. The fourth-order valence-electron chi connectivity index (χ4n) is 1.12. The standard InChI is InChI=1S/C6H19NSi2.Bi.3H/c1-8(2,3)7-9(4,5)6;;;;/h7H,1-6H3;;;;. The van der Waals surface area contributed by atoms with Crippen LogP contribution < -0.4 is 4.65 Å². The molecule has 0 aromatic rings. The fraction of sp³-hybridized carbons (Fsp3) is 1.00. The van der Waals surface area contributed by atoms with E-state index < -0.39 is 16.5 Å². The van der Waals surface area contributed by atoms with Gasteiger partial charge in [-0.1, -0.05) is 39.3 Å². The van der Waals surface area contributed by atoms with E-state index >= 15 is 0 Å². The van der Waals surface area contributed by atoms with Gasteiger partial charge in [0.25, 0.3) is 0 Å². The quantitative estimate of drug-likeness (QED) is 0.714. The molecule has 0 radical (unpaired) electrons. The summed E-state index contributed by atoms with van der Waals surface area (Å²) in [5.74, 6) is 0. The van der Waals surface area contributed by atoms with Crippen LogP contribution in [0.25, 0.3) is 0 Å². The van der Waals surface area contributed by atoms with Crippen molar-refractivity contribution in [3.8, 4) is 0 Å². The van der Waals surface area contributed by atoms with E-state index in [1.54, 1.807) is 0 Å². The molecule has 64 valence electrons. The van der Waals surface area contributed by atoms with Crippen LogP contribution >= 0.6 is 0 Å². The minimum atomic E-state index is -0.981. The Labute approximate surface area is 86.3 Å². The Morgan fingerprint density at radius 3 is 0.900 bits per heavy atom. The third-order valence-electron chi connectivity index (χ3n) is 0.750. The van der Waals surface area contributed by atoms with Crippen LogP contribution in [0.3, 0.4) is 0 Å². The van der Waals surface area contributed by atoms with Crippen molar-refractivity contribution >= 4 is 42.7 Å². The van der Waals surface area contributed by atoms with Crippen LogP contribution in [0.1, 0.15) is 0 Å². The molecule has 0 unspecified atom stereocenters. The van der Waals surface area contributed by atoms with Gasteiger partial charge in [0.15, 0.2) is 0 Å². The first kappa shape index (κ1) is 13.8. The van der Waals surface area contributed by atoms with Gasteiger partial charge < -0.3 is 4.65 Å². The molecule has 0 aliphatic heterocycles. The van der Waals surface area contributed by atoms with Crippen molar-refractivity contribution in [1.29, 1.82) is 0 Å². The second-order valence-corrected chi connectivity index (χ2v) is 14.6. The summed E-state index contributed by atoms with van der Waals surface area (Å²) >= 11 is 0. The van der Waals surface area contributed by atoms with E-state index in [9.17, 15) is 0 Å².